The lowest BCUT2D eigenvalue weighted by Gasteiger charge is -2.37. The van der Waals surface area contributed by atoms with Gasteiger partial charge >= 0.3 is 0 Å². The maximum atomic E-state index is 14.7. The zero-order chi connectivity index (χ0) is 68.5. The molecule has 33 nitrogen and oxygen atoms in total. The van der Waals surface area contributed by atoms with E-state index in [0.29, 0.717) is 42.6 Å². The Morgan fingerprint density at radius 1 is 0.713 bits per heavy atom. The van der Waals surface area contributed by atoms with Gasteiger partial charge in [-0.1, -0.05) is 41.6 Å². The molecule has 0 spiro atoms. The fourth-order valence-corrected chi connectivity index (χ4v) is 11.8. The molecule has 518 valence electrons. The molecule has 0 aromatic heterocycles. The van der Waals surface area contributed by atoms with E-state index in [-0.39, 0.29) is 23.5 Å². The Labute approximate surface area is 544 Å². The topological polar surface area (TPSA) is 484 Å². The average molecular weight is 1350 g/mol. The molecule has 34 heteroatoms. The third-order valence-electron chi connectivity index (χ3n) is 16.8. The fourth-order valence-electron chi connectivity index (χ4n) is 11.6. The van der Waals surface area contributed by atoms with Crippen LogP contribution in [0.15, 0.2) is 66.7 Å². The summed E-state index contributed by atoms with van der Waals surface area (Å²) >= 11 is -0.0318. The molecule has 94 heavy (non-hydrogen) atoms. The van der Waals surface area contributed by atoms with Gasteiger partial charge in [0.25, 0.3) is 18.2 Å². The molecule has 15 atom stereocenters. The van der Waals surface area contributed by atoms with Crippen LogP contribution in [0.25, 0.3) is 0 Å². The van der Waals surface area contributed by atoms with Gasteiger partial charge in [0.1, 0.15) is 60.3 Å². The molecule has 7 rings (SSSR count). The number of unbranched alkanes of at least 4 members (excludes halogenated alkanes) is 4. The van der Waals surface area contributed by atoms with Crippen molar-refractivity contribution >= 4 is 71.0 Å². The largest absolute Gasteiger partial charge is 0.504 e. The average Bonchev–Trinajstić information content (AvgIpc) is 1.59. The van der Waals surface area contributed by atoms with Gasteiger partial charge in [-0.15, -0.1) is 0 Å². The molecule has 8 amide bonds. The quantitative estimate of drug-likeness (QED) is 0.0181. The van der Waals surface area contributed by atoms with Gasteiger partial charge in [-0.05, 0) is 86.0 Å². The van der Waals surface area contributed by atoms with Crippen molar-refractivity contribution in [2.24, 2.45) is 11.7 Å². The molecule has 4 fully saturated rings. The van der Waals surface area contributed by atoms with Crippen molar-refractivity contribution in [2.75, 3.05) is 69.4 Å². The first-order chi connectivity index (χ1) is 44.8. The summed E-state index contributed by atoms with van der Waals surface area (Å²) < 4.78 is 20.3. The van der Waals surface area contributed by atoms with Gasteiger partial charge in [0.05, 0.1) is 37.4 Å². The number of carbonyl (C=O) groups excluding carboxylic acids is 8. The monoisotopic (exact) mass is 1340 g/mol. The minimum absolute atomic E-state index is 0.00795. The SMILES string of the molecule is COCCCCCCCOc1ccc(N2CCN(c3ccc(C(=O)NC4CC(O)C(O)NC(=O)C5C(O)C(C)CN5C(=O)C(C(O)CC(N)=O)NC(=O)C(C(O)C(O)c5ccc(O)c(OSOOO)c5)NC(=O)C5CC(O)CN5C(=O)C(C(C)O)NC4=O)cc3)CC2)cc1. The number of piperazine rings is 1. The van der Waals surface area contributed by atoms with E-state index in [1.54, 1.807) is 19.2 Å². The zero-order valence-corrected chi connectivity index (χ0v) is 52.7. The summed E-state index contributed by atoms with van der Waals surface area (Å²) in [7, 11) is 1.70. The molecule has 17 N–H and O–H groups in total. The number of phenols is 1. The van der Waals surface area contributed by atoms with Crippen molar-refractivity contribution in [1.29, 1.82) is 0 Å². The predicted octanol–water partition coefficient (Wildman–Crippen LogP) is -3.31. The highest BCUT2D eigenvalue weighted by Gasteiger charge is 2.51. The maximum absolute atomic E-state index is 14.7. The number of benzene rings is 3. The van der Waals surface area contributed by atoms with Crippen LogP contribution in [0.5, 0.6) is 17.2 Å². The molecule has 4 saturated heterocycles. The van der Waals surface area contributed by atoms with Crippen LogP contribution in [-0.4, -0.2) is 247 Å². The van der Waals surface area contributed by atoms with Gasteiger partial charge < -0.3 is 112 Å². The molecule has 15 unspecified atom stereocenters. The summed E-state index contributed by atoms with van der Waals surface area (Å²) in [4.78, 5) is 120. The number of hydrogen-bond acceptors (Lipinski definition) is 26. The van der Waals surface area contributed by atoms with Crippen molar-refractivity contribution in [3.8, 4) is 17.2 Å². The number of ether oxygens (including phenoxy) is 2. The van der Waals surface area contributed by atoms with Crippen molar-refractivity contribution in [3.63, 3.8) is 0 Å². The smallest absolute Gasteiger partial charge is 0.261 e. The summed E-state index contributed by atoms with van der Waals surface area (Å²) in [6, 6.07) is 4.35. The molecule has 0 saturated carbocycles. The normalized spacial score (nSPS) is 26.5. The van der Waals surface area contributed by atoms with Crippen LogP contribution in [0, 0.1) is 5.92 Å². The number of aromatic hydroxyl groups is 1. The van der Waals surface area contributed by atoms with Crippen LogP contribution in [0.3, 0.4) is 0 Å². The van der Waals surface area contributed by atoms with E-state index in [1.807, 2.05) is 24.3 Å². The van der Waals surface area contributed by atoms with Crippen molar-refractivity contribution in [1.82, 2.24) is 36.4 Å². The number of aliphatic hydroxyl groups is 8. The lowest BCUT2D eigenvalue weighted by molar-refractivity contribution is -0.433. The van der Waals surface area contributed by atoms with E-state index < -0.39 is 182 Å². The third-order valence-corrected chi connectivity index (χ3v) is 17.2. The Bertz CT molecular complexity index is 3060. The zero-order valence-electron chi connectivity index (χ0n) is 51.9. The van der Waals surface area contributed by atoms with Gasteiger partial charge in [0, 0.05) is 88.7 Å². The molecular formula is C60H84N10O23S. The number of methoxy groups -OCH3 is 1. The second-order valence-electron chi connectivity index (χ2n) is 23.6. The van der Waals surface area contributed by atoms with Crippen LogP contribution in [0.2, 0.25) is 0 Å². The Hall–Kier alpha value is -7.71. The fraction of sp³-hybridized carbons (Fsp3) is 0.567. The number of carbonyl (C=O) groups is 8. The van der Waals surface area contributed by atoms with Gasteiger partial charge in [-0.25, -0.2) is 5.26 Å². The lowest BCUT2D eigenvalue weighted by atomic mass is 9.96. The summed E-state index contributed by atoms with van der Waals surface area (Å²) in [5.74, 6) is -11.8. The number of amides is 8. The number of primary amides is 1. The van der Waals surface area contributed by atoms with E-state index in [2.05, 4.69) is 45.8 Å². The molecule has 3 aromatic carbocycles. The maximum Gasteiger partial charge on any atom is 0.261 e. The first-order valence-electron chi connectivity index (χ1n) is 30.6. The lowest BCUT2D eigenvalue weighted by Crippen LogP contribution is -2.64. The summed E-state index contributed by atoms with van der Waals surface area (Å²) in [6.45, 7) is 5.18. The Kier molecular flexibility index (Phi) is 27.1. The van der Waals surface area contributed by atoms with Crippen molar-refractivity contribution in [2.45, 2.75) is 150 Å². The number of aliphatic hydroxyl groups excluding tert-OH is 8. The van der Waals surface area contributed by atoms with Gasteiger partial charge in [0.15, 0.2) is 17.7 Å². The summed E-state index contributed by atoms with van der Waals surface area (Å²) in [6.07, 6.45) is -14.2. The third kappa shape index (κ3) is 19.2. The Morgan fingerprint density at radius 3 is 1.93 bits per heavy atom. The molecule has 4 heterocycles. The highest BCUT2D eigenvalue weighted by molar-refractivity contribution is 7.90. The Morgan fingerprint density at radius 2 is 1.31 bits per heavy atom. The van der Waals surface area contributed by atoms with E-state index in [1.165, 1.54) is 19.1 Å². The summed E-state index contributed by atoms with van der Waals surface area (Å²) in [5.41, 5.74) is 6.79. The van der Waals surface area contributed by atoms with E-state index in [0.717, 1.165) is 81.0 Å². The van der Waals surface area contributed by atoms with Gasteiger partial charge in [-0.3, -0.25) is 38.4 Å². The molecule has 4 aliphatic heterocycles. The highest BCUT2D eigenvalue weighted by Crippen LogP contribution is 2.34. The Balaban J connectivity index is 1.14. The number of phenolic OH excluding ortho intramolecular Hbond substituents is 1. The van der Waals surface area contributed by atoms with E-state index in [4.69, 9.17) is 24.6 Å². The van der Waals surface area contributed by atoms with Crippen LogP contribution in [0.1, 0.15) is 87.2 Å². The van der Waals surface area contributed by atoms with Gasteiger partial charge in [0.2, 0.25) is 41.4 Å². The van der Waals surface area contributed by atoms with E-state index >= 15 is 0 Å². The van der Waals surface area contributed by atoms with Crippen LogP contribution >= 0.6 is 12.3 Å². The van der Waals surface area contributed by atoms with Gasteiger partial charge in [-0.2, -0.15) is 0 Å². The second kappa shape index (κ2) is 34.6. The number of fused-ring (bicyclic) bond motifs is 2. The summed E-state index contributed by atoms with van der Waals surface area (Å²) in [5, 5.41) is 125. The number of nitrogens with one attached hydrogen (secondary N) is 5. The van der Waals surface area contributed by atoms with Crippen molar-refractivity contribution in [3.05, 3.63) is 77.9 Å². The first-order valence-corrected chi connectivity index (χ1v) is 31.3. The molecule has 0 aliphatic carbocycles. The molecule has 0 radical (unpaired) electrons. The number of nitrogens with zero attached hydrogens (tertiary/aromatic N) is 4. The van der Waals surface area contributed by atoms with Crippen LogP contribution in [-0.2, 0) is 47.7 Å². The molecule has 0 bridgehead atoms. The standard InChI is InChI=1S/C60H84N10O23S/c1-31-29-70-49(50(31)77)58(85)66-56(83)43(75)27-39(62-53(80)33-9-12-35(13-10-33)67-19-21-68(22-20-67)36-14-16-38(17-15-36)90-24-8-6-4-5-7-23-89-3)54(81)63-46(32(2)71)59(86)69-30-37(72)26-40(69)55(82)65-48(57(84)64-47(60(70)87)42(74)28-45(61)76)52(79)51(78)34-11-18-41(73)44(25-34)91-94-93-92-88/h9-18,25,31-32,37,39-40,42-43,46-52,56,71-75,77-79,83,88H,4-8,19-24,26-30H2,1-3H3,(H2,61,76)(H,62,80)(H,63,81)(H,64,84)(H,65,82)(H,66,85). The second-order valence-corrected chi connectivity index (χ2v) is 24.0. The first kappa shape index (κ1) is 73.7. The van der Waals surface area contributed by atoms with Crippen molar-refractivity contribution < 1.29 is 113 Å². The van der Waals surface area contributed by atoms with E-state index in [9.17, 15) is 84.3 Å². The van der Waals surface area contributed by atoms with Crippen LogP contribution < -0.4 is 51.0 Å². The number of rotatable bonds is 24. The predicted molar refractivity (Wildman–Crippen MR) is 330 cm³/mol. The number of anilines is 2. The highest BCUT2D eigenvalue weighted by atomic mass is 32.2. The molecule has 4 aliphatic rings. The number of nitrogens with two attached hydrogens (primary N) is 1. The van der Waals surface area contributed by atoms with Crippen LogP contribution in [0.4, 0.5) is 11.4 Å². The molecular weight excluding hydrogens is 1260 g/mol. The number of hydrogen-bond donors (Lipinski definition) is 16. The minimum Gasteiger partial charge on any atom is -0.504 e. The minimum atomic E-state index is -2.55. The molecule has 3 aromatic rings.